The molecule has 0 aliphatic carbocycles. The SMILES string of the molecule is Cc1nc(C)n(C[C@H]2CCCN2Cc2ccc(-n3cccn3)cc2)n1. The minimum Gasteiger partial charge on any atom is -0.294 e. The van der Waals surface area contributed by atoms with Gasteiger partial charge in [-0.2, -0.15) is 10.2 Å². The highest BCUT2D eigenvalue weighted by atomic mass is 15.4. The van der Waals surface area contributed by atoms with Gasteiger partial charge in [0.15, 0.2) is 0 Å². The molecule has 130 valence electrons. The minimum atomic E-state index is 0.533. The normalized spacial score (nSPS) is 18.1. The predicted molar refractivity (Wildman–Crippen MR) is 96.5 cm³/mol. The second-order valence-corrected chi connectivity index (χ2v) is 6.77. The van der Waals surface area contributed by atoms with Gasteiger partial charge in [-0.05, 0) is 57.0 Å². The number of aromatic nitrogens is 5. The molecular formula is C19H24N6. The zero-order valence-corrected chi connectivity index (χ0v) is 14.8. The van der Waals surface area contributed by atoms with Gasteiger partial charge in [-0.1, -0.05) is 12.1 Å². The van der Waals surface area contributed by atoms with Crippen LogP contribution in [0, 0.1) is 13.8 Å². The zero-order chi connectivity index (χ0) is 17.2. The molecule has 3 heterocycles. The third kappa shape index (κ3) is 3.49. The summed E-state index contributed by atoms with van der Waals surface area (Å²) in [7, 11) is 0. The van der Waals surface area contributed by atoms with E-state index in [2.05, 4.69) is 49.0 Å². The second kappa shape index (κ2) is 6.80. The van der Waals surface area contributed by atoms with E-state index in [1.54, 1.807) is 6.20 Å². The van der Waals surface area contributed by atoms with Gasteiger partial charge in [0, 0.05) is 25.0 Å². The fourth-order valence-corrected chi connectivity index (χ4v) is 3.65. The van der Waals surface area contributed by atoms with E-state index in [0.717, 1.165) is 37.0 Å². The summed E-state index contributed by atoms with van der Waals surface area (Å²) in [6.45, 7) is 7.05. The van der Waals surface area contributed by atoms with Gasteiger partial charge in [-0.25, -0.2) is 14.3 Å². The Labute approximate surface area is 148 Å². The Hall–Kier alpha value is -2.47. The lowest BCUT2D eigenvalue weighted by Gasteiger charge is -2.24. The monoisotopic (exact) mass is 336 g/mol. The summed E-state index contributed by atoms with van der Waals surface area (Å²) in [6, 6.07) is 11.2. The van der Waals surface area contributed by atoms with E-state index in [1.165, 1.54) is 18.4 Å². The third-order valence-electron chi connectivity index (χ3n) is 4.94. The van der Waals surface area contributed by atoms with Gasteiger partial charge in [-0.3, -0.25) is 4.90 Å². The van der Waals surface area contributed by atoms with Crippen LogP contribution in [0.15, 0.2) is 42.7 Å². The number of rotatable bonds is 5. The Morgan fingerprint density at radius 2 is 2.00 bits per heavy atom. The average molecular weight is 336 g/mol. The van der Waals surface area contributed by atoms with Crippen LogP contribution in [0.5, 0.6) is 0 Å². The van der Waals surface area contributed by atoms with Gasteiger partial charge in [-0.15, -0.1) is 0 Å². The van der Waals surface area contributed by atoms with Crippen molar-refractivity contribution in [3.63, 3.8) is 0 Å². The molecule has 0 spiro atoms. The smallest absolute Gasteiger partial charge is 0.147 e. The number of hydrogen-bond donors (Lipinski definition) is 0. The fourth-order valence-electron chi connectivity index (χ4n) is 3.65. The van der Waals surface area contributed by atoms with Crippen LogP contribution in [0.4, 0.5) is 0 Å². The number of aryl methyl sites for hydroxylation is 2. The van der Waals surface area contributed by atoms with Crippen molar-refractivity contribution >= 4 is 0 Å². The first-order chi connectivity index (χ1) is 12.2. The first-order valence-corrected chi connectivity index (χ1v) is 8.90. The highest BCUT2D eigenvalue weighted by Gasteiger charge is 2.25. The van der Waals surface area contributed by atoms with E-state index in [9.17, 15) is 0 Å². The Kier molecular flexibility index (Phi) is 4.36. The van der Waals surface area contributed by atoms with Gasteiger partial charge in [0.1, 0.15) is 11.6 Å². The quantitative estimate of drug-likeness (QED) is 0.719. The molecule has 1 fully saturated rings. The molecule has 1 saturated heterocycles. The average Bonchev–Trinajstić information content (AvgIpc) is 3.32. The van der Waals surface area contributed by atoms with Crippen LogP contribution >= 0.6 is 0 Å². The van der Waals surface area contributed by atoms with Crippen LogP contribution in [-0.2, 0) is 13.1 Å². The highest BCUT2D eigenvalue weighted by molar-refractivity contribution is 5.33. The summed E-state index contributed by atoms with van der Waals surface area (Å²) in [4.78, 5) is 6.99. The molecule has 1 aliphatic rings. The molecule has 0 unspecified atom stereocenters. The second-order valence-electron chi connectivity index (χ2n) is 6.77. The Bertz CT molecular complexity index is 818. The van der Waals surface area contributed by atoms with Crippen molar-refractivity contribution in [1.29, 1.82) is 0 Å². The fraction of sp³-hybridized carbons (Fsp3) is 0.421. The molecule has 25 heavy (non-hydrogen) atoms. The van der Waals surface area contributed by atoms with E-state index in [0.29, 0.717) is 6.04 Å². The topological polar surface area (TPSA) is 51.8 Å². The predicted octanol–water partition coefficient (Wildman–Crippen LogP) is 2.75. The summed E-state index contributed by atoms with van der Waals surface area (Å²) < 4.78 is 3.94. The lowest BCUT2D eigenvalue weighted by Crippen LogP contribution is -2.33. The lowest BCUT2D eigenvalue weighted by molar-refractivity contribution is 0.218. The first kappa shape index (κ1) is 16.0. The maximum Gasteiger partial charge on any atom is 0.147 e. The Balaban J connectivity index is 1.43. The van der Waals surface area contributed by atoms with Crippen molar-refractivity contribution in [2.75, 3.05) is 6.54 Å². The Morgan fingerprint density at radius 3 is 2.68 bits per heavy atom. The summed E-state index contributed by atoms with van der Waals surface area (Å²) in [5.74, 6) is 1.86. The van der Waals surface area contributed by atoms with Crippen molar-refractivity contribution in [1.82, 2.24) is 29.4 Å². The molecule has 6 nitrogen and oxygen atoms in total. The summed E-state index contributed by atoms with van der Waals surface area (Å²) in [6.07, 6.45) is 6.25. The van der Waals surface area contributed by atoms with Crippen molar-refractivity contribution < 1.29 is 0 Å². The van der Waals surface area contributed by atoms with Crippen LogP contribution in [0.3, 0.4) is 0 Å². The van der Waals surface area contributed by atoms with Gasteiger partial charge in [0.25, 0.3) is 0 Å². The molecule has 0 bridgehead atoms. The molecule has 3 aromatic rings. The molecule has 0 N–H and O–H groups in total. The van der Waals surface area contributed by atoms with E-state index in [-0.39, 0.29) is 0 Å². The molecule has 6 heteroatoms. The number of benzene rings is 1. The van der Waals surface area contributed by atoms with Gasteiger partial charge < -0.3 is 0 Å². The molecule has 4 rings (SSSR count). The van der Waals surface area contributed by atoms with Gasteiger partial charge >= 0.3 is 0 Å². The van der Waals surface area contributed by atoms with Crippen molar-refractivity contribution in [3.05, 3.63) is 59.9 Å². The van der Waals surface area contributed by atoms with E-state index < -0.39 is 0 Å². The molecule has 1 aliphatic heterocycles. The summed E-state index contributed by atoms with van der Waals surface area (Å²) in [5.41, 5.74) is 2.44. The molecule has 0 radical (unpaired) electrons. The van der Waals surface area contributed by atoms with Crippen LogP contribution in [0.2, 0.25) is 0 Å². The molecule has 1 aromatic carbocycles. The Morgan fingerprint density at radius 1 is 1.16 bits per heavy atom. The maximum absolute atomic E-state index is 4.52. The summed E-state index contributed by atoms with van der Waals surface area (Å²) in [5, 5.41) is 8.80. The van der Waals surface area contributed by atoms with Gasteiger partial charge in [0.05, 0.1) is 12.2 Å². The summed E-state index contributed by atoms with van der Waals surface area (Å²) >= 11 is 0. The zero-order valence-electron chi connectivity index (χ0n) is 14.8. The molecule has 1 atom stereocenters. The van der Waals surface area contributed by atoms with Gasteiger partial charge in [0.2, 0.25) is 0 Å². The molecule has 2 aromatic heterocycles. The third-order valence-corrected chi connectivity index (χ3v) is 4.94. The molecular weight excluding hydrogens is 312 g/mol. The first-order valence-electron chi connectivity index (χ1n) is 8.90. The van der Waals surface area contributed by atoms with E-state index >= 15 is 0 Å². The molecule has 0 saturated carbocycles. The highest BCUT2D eigenvalue weighted by Crippen LogP contribution is 2.22. The minimum absolute atomic E-state index is 0.533. The van der Waals surface area contributed by atoms with Crippen molar-refractivity contribution in [3.8, 4) is 5.69 Å². The molecule has 0 amide bonds. The van der Waals surface area contributed by atoms with Crippen LogP contribution in [-0.4, -0.2) is 42.0 Å². The van der Waals surface area contributed by atoms with E-state index in [4.69, 9.17) is 0 Å². The van der Waals surface area contributed by atoms with Crippen LogP contribution in [0.25, 0.3) is 5.69 Å². The number of nitrogens with zero attached hydrogens (tertiary/aromatic N) is 6. The van der Waals surface area contributed by atoms with Crippen molar-refractivity contribution in [2.45, 2.75) is 45.8 Å². The standard InChI is InChI=1S/C19H24N6/c1-15-21-16(2)25(22-15)14-19-5-3-11-23(19)13-17-6-8-18(9-7-17)24-12-4-10-20-24/h4,6-10,12,19H,3,5,11,13-14H2,1-2H3/t19-/m1/s1. The van der Waals surface area contributed by atoms with E-state index in [1.807, 2.05) is 30.8 Å². The largest absolute Gasteiger partial charge is 0.294 e. The van der Waals surface area contributed by atoms with Crippen LogP contribution < -0.4 is 0 Å². The lowest BCUT2D eigenvalue weighted by atomic mass is 10.1. The van der Waals surface area contributed by atoms with Crippen LogP contribution in [0.1, 0.15) is 30.1 Å². The maximum atomic E-state index is 4.52. The number of likely N-dealkylation sites (tertiary alicyclic amines) is 1. The number of hydrogen-bond acceptors (Lipinski definition) is 4. The van der Waals surface area contributed by atoms with Crippen molar-refractivity contribution in [2.24, 2.45) is 0 Å².